The van der Waals surface area contributed by atoms with Crippen molar-refractivity contribution in [2.75, 3.05) is 32.8 Å². The van der Waals surface area contributed by atoms with Gasteiger partial charge in [0.25, 0.3) is 0 Å². The molecule has 39 heavy (non-hydrogen) atoms. The second-order valence-electron chi connectivity index (χ2n) is 10.0. The molecule has 2 atom stereocenters. The lowest BCUT2D eigenvalue weighted by Gasteiger charge is -2.33. The van der Waals surface area contributed by atoms with E-state index < -0.39 is 48.1 Å². The smallest absolute Gasteiger partial charge is 0.387 e. The Kier molecular flexibility index (Phi) is 8.25. The molecule has 2 heterocycles. The molecule has 5 nitrogen and oxygen atoms in total. The third kappa shape index (κ3) is 6.37. The fourth-order valence-electron chi connectivity index (χ4n) is 5.60. The van der Waals surface area contributed by atoms with Crippen LogP contribution in [-0.2, 0) is 9.59 Å². The van der Waals surface area contributed by atoms with Crippen LogP contribution in [-0.4, -0.2) is 71.9 Å². The number of alkyl halides is 6. The molecular formula is C27H27F7N2O3. The number of halogens is 7. The average Bonchev–Trinajstić information content (AvgIpc) is 3.32. The highest BCUT2D eigenvalue weighted by Gasteiger charge is 2.57. The zero-order valence-electron chi connectivity index (χ0n) is 20.7. The SMILES string of the molecule is O=C(CO)N1CCC(C(=O)N2CC(c3ccc(C(C(F)(F)F)C(F)(F)F)cc3)[C@@H](c3ccc(F)cc3)C2)CC1. The molecule has 1 N–H and O–H groups in total. The number of amides is 2. The number of rotatable bonds is 5. The largest absolute Gasteiger partial charge is 0.404 e. The highest BCUT2D eigenvalue weighted by atomic mass is 19.4. The van der Waals surface area contributed by atoms with Crippen LogP contribution in [0.25, 0.3) is 0 Å². The van der Waals surface area contributed by atoms with Gasteiger partial charge in [0.1, 0.15) is 12.4 Å². The fourth-order valence-corrected chi connectivity index (χ4v) is 5.60. The molecule has 4 rings (SSSR count). The molecule has 2 amide bonds. The molecule has 0 spiro atoms. The third-order valence-electron chi connectivity index (χ3n) is 7.61. The van der Waals surface area contributed by atoms with Crippen molar-refractivity contribution in [3.8, 4) is 0 Å². The minimum absolute atomic E-state index is 0.161. The number of aliphatic hydroxyl groups excluding tert-OH is 1. The summed E-state index contributed by atoms with van der Waals surface area (Å²) in [7, 11) is 0. The van der Waals surface area contributed by atoms with Gasteiger partial charge in [-0.05, 0) is 41.7 Å². The van der Waals surface area contributed by atoms with Gasteiger partial charge < -0.3 is 14.9 Å². The molecule has 2 aromatic carbocycles. The van der Waals surface area contributed by atoms with E-state index in [0.717, 1.165) is 12.1 Å². The van der Waals surface area contributed by atoms with Gasteiger partial charge in [-0.1, -0.05) is 36.4 Å². The van der Waals surface area contributed by atoms with Crippen LogP contribution < -0.4 is 0 Å². The first-order chi connectivity index (χ1) is 18.3. The lowest BCUT2D eigenvalue weighted by atomic mass is 9.83. The molecule has 0 radical (unpaired) electrons. The van der Waals surface area contributed by atoms with Crippen LogP contribution in [0.15, 0.2) is 48.5 Å². The van der Waals surface area contributed by atoms with Crippen molar-refractivity contribution in [1.82, 2.24) is 9.80 Å². The van der Waals surface area contributed by atoms with Crippen LogP contribution in [0, 0.1) is 11.7 Å². The van der Waals surface area contributed by atoms with Crippen LogP contribution >= 0.6 is 0 Å². The second kappa shape index (κ2) is 11.1. The molecule has 1 unspecified atom stereocenters. The van der Waals surface area contributed by atoms with Crippen molar-refractivity contribution in [2.45, 2.75) is 42.9 Å². The van der Waals surface area contributed by atoms with E-state index in [1.165, 1.54) is 29.2 Å². The summed E-state index contributed by atoms with van der Waals surface area (Å²) in [5, 5.41) is 9.05. The maximum atomic E-state index is 13.6. The van der Waals surface area contributed by atoms with E-state index in [1.54, 1.807) is 17.0 Å². The molecule has 0 saturated carbocycles. The number of benzene rings is 2. The number of nitrogens with zero attached hydrogens (tertiary/aromatic N) is 2. The van der Waals surface area contributed by atoms with E-state index in [9.17, 15) is 40.3 Å². The normalized spacial score (nSPS) is 21.1. The topological polar surface area (TPSA) is 60.9 Å². The molecular weight excluding hydrogens is 533 g/mol. The lowest BCUT2D eigenvalue weighted by molar-refractivity contribution is -0.253. The maximum Gasteiger partial charge on any atom is 0.404 e. The molecule has 2 saturated heterocycles. The van der Waals surface area contributed by atoms with Crippen LogP contribution in [0.3, 0.4) is 0 Å². The quantitative estimate of drug-likeness (QED) is 0.526. The van der Waals surface area contributed by atoms with Crippen LogP contribution in [0.5, 0.6) is 0 Å². The molecule has 0 aliphatic carbocycles. The van der Waals surface area contributed by atoms with Gasteiger partial charge >= 0.3 is 12.4 Å². The van der Waals surface area contributed by atoms with E-state index in [0.29, 0.717) is 37.1 Å². The third-order valence-corrected chi connectivity index (χ3v) is 7.61. The van der Waals surface area contributed by atoms with Crippen molar-refractivity contribution in [1.29, 1.82) is 0 Å². The molecule has 2 aromatic rings. The fraction of sp³-hybridized carbons (Fsp3) is 0.481. The van der Waals surface area contributed by atoms with Gasteiger partial charge in [-0.25, -0.2) is 4.39 Å². The maximum absolute atomic E-state index is 13.6. The zero-order valence-corrected chi connectivity index (χ0v) is 20.7. The van der Waals surface area contributed by atoms with E-state index in [1.807, 2.05) is 0 Å². The highest BCUT2D eigenvalue weighted by molar-refractivity contribution is 5.81. The average molecular weight is 561 g/mol. The monoisotopic (exact) mass is 560 g/mol. The Morgan fingerprint density at radius 3 is 1.69 bits per heavy atom. The number of carbonyl (C=O) groups excluding carboxylic acids is 2. The highest BCUT2D eigenvalue weighted by Crippen LogP contribution is 2.47. The minimum Gasteiger partial charge on any atom is -0.387 e. The van der Waals surface area contributed by atoms with Gasteiger partial charge in [0.2, 0.25) is 11.8 Å². The summed E-state index contributed by atoms with van der Waals surface area (Å²) in [6, 6.07) is 9.72. The lowest BCUT2D eigenvalue weighted by Crippen LogP contribution is -2.44. The first-order valence-electron chi connectivity index (χ1n) is 12.5. The van der Waals surface area contributed by atoms with Gasteiger partial charge in [-0.15, -0.1) is 0 Å². The first-order valence-corrected chi connectivity index (χ1v) is 12.5. The van der Waals surface area contributed by atoms with E-state index in [-0.39, 0.29) is 30.8 Å². The molecule has 0 aromatic heterocycles. The predicted molar refractivity (Wildman–Crippen MR) is 126 cm³/mol. The van der Waals surface area contributed by atoms with E-state index >= 15 is 0 Å². The molecule has 2 aliphatic heterocycles. The predicted octanol–water partition coefficient (Wildman–Crippen LogP) is 4.97. The molecule has 12 heteroatoms. The minimum atomic E-state index is -5.51. The number of carbonyl (C=O) groups is 2. The zero-order chi connectivity index (χ0) is 28.5. The molecule has 212 valence electrons. The van der Waals surface area contributed by atoms with Crippen LogP contribution in [0.2, 0.25) is 0 Å². The molecule has 2 aliphatic rings. The summed E-state index contributed by atoms with van der Waals surface area (Å²) < 4.78 is 92.8. The summed E-state index contributed by atoms with van der Waals surface area (Å²) in [6.45, 7) is 0.431. The number of aliphatic hydroxyl groups is 1. The van der Waals surface area contributed by atoms with Crippen LogP contribution in [0.1, 0.15) is 47.3 Å². The van der Waals surface area contributed by atoms with Gasteiger partial charge in [-0.2, -0.15) is 26.3 Å². The second-order valence-corrected chi connectivity index (χ2v) is 10.0. The van der Waals surface area contributed by atoms with E-state index in [2.05, 4.69) is 0 Å². The van der Waals surface area contributed by atoms with Crippen molar-refractivity contribution < 1.29 is 45.4 Å². The molecule has 2 fully saturated rings. The Morgan fingerprint density at radius 2 is 1.26 bits per heavy atom. The van der Waals surface area contributed by atoms with Crippen molar-refractivity contribution in [3.63, 3.8) is 0 Å². The number of hydrogen-bond acceptors (Lipinski definition) is 3. The molecule has 0 bridgehead atoms. The van der Waals surface area contributed by atoms with Gasteiger partial charge in [0.05, 0.1) is 0 Å². The Labute approximate surface area is 220 Å². The summed E-state index contributed by atoms with van der Waals surface area (Å²) in [5.41, 5.74) is 0.231. The van der Waals surface area contributed by atoms with Gasteiger partial charge in [0, 0.05) is 43.9 Å². The van der Waals surface area contributed by atoms with Gasteiger partial charge in [0.15, 0.2) is 5.92 Å². The van der Waals surface area contributed by atoms with Gasteiger partial charge in [-0.3, -0.25) is 9.59 Å². The standard InChI is InChI=1S/C27H27F7N2O3/c28-20-7-5-17(6-8-20)22-14-36(25(39)19-9-11-35(12-10-19)23(38)15-37)13-21(22)16-1-3-18(4-2-16)24(26(29,30)31)27(32,33)34/h1-8,19,21-22,24,37H,9-15H2/t21?,22-/m1/s1. The summed E-state index contributed by atoms with van der Waals surface area (Å²) in [4.78, 5) is 28.2. The summed E-state index contributed by atoms with van der Waals surface area (Å²) >= 11 is 0. The summed E-state index contributed by atoms with van der Waals surface area (Å²) in [5.74, 6) is -5.84. The number of hydrogen-bond donors (Lipinski definition) is 1. The Balaban J connectivity index is 1.57. The van der Waals surface area contributed by atoms with Crippen molar-refractivity contribution >= 4 is 11.8 Å². The van der Waals surface area contributed by atoms with Crippen molar-refractivity contribution in [3.05, 3.63) is 71.0 Å². The van der Waals surface area contributed by atoms with Crippen LogP contribution in [0.4, 0.5) is 30.7 Å². The Bertz CT molecular complexity index is 1140. The summed E-state index contributed by atoms with van der Waals surface area (Å²) in [6.07, 6.45) is -10.2. The Morgan fingerprint density at radius 1 is 0.795 bits per heavy atom. The van der Waals surface area contributed by atoms with Crippen molar-refractivity contribution in [2.24, 2.45) is 5.92 Å². The Hall–Kier alpha value is -3.15. The number of likely N-dealkylation sites (tertiary alicyclic amines) is 2. The van der Waals surface area contributed by atoms with E-state index in [4.69, 9.17) is 5.11 Å². The first kappa shape index (κ1) is 28.8. The number of piperidine rings is 1.